The Morgan fingerprint density at radius 3 is 2.93 bits per heavy atom. The van der Waals surface area contributed by atoms with Gasteiger partial charge in [0.25, 0.3) is 0 Å². The van der Waals surface area contributed by atoms with Crippen molar-refractivity contribution >= 4 is 21.7 Å². The molecule has 1 saturated heterocycles. The summed E-state index contributed by atoms with van der Waals surface area (Å²) < 4.78 is 6.10. The summed E-state index contributed by atoms with van der Waals surface area (Å²) in [5.41, 5.74) is 0.709. The number of hydrogen-bond donors (Lipinski definition) is 1. The van der Waals surface area contributed by atoms with E-state index < -0.39 is 0 Å². The Balaban J connectivity index is 2.16. The highest BCUT2D eigenvalue weighted by Crippen LogP contribution is 2.18. The first-order chi connectivity index (χ1) is 7.29. The SMILES string of the molecule is O=C(c1ccccc1Br)C1COCCN1. The topological polar surface area (TPSA) is 38.3 Å². The van der Waals surface area contributed by atoms with Gasteiger partial charge in [0.05, 0.1) is 19.3 Å². The van der Waals surface area contributed by atoms with Crippen molar-refractivity contribution in [1.29, 1.82) is 0 Å². The first-order valence-electron chi connectivity index (χ1n) is 4.89. The Kier molecular flexibility index (Phi) is 3.51. The van der Waals surface area contributed by atoms with Crippen LogP contribution in [-0.4, -0.2) is 31.6 Å². The third kappa shape index (κ3) is 2.45. The van der Waals surface area contributed by atoms with Crippen LogP contribution in [0.25, 0.3) is 0 Å². The van der Waals surface area contributed by atoms with Gasteiger partial charge in [-0.2, -0.15) is 0 Å². The van der Waals surface area contributed by atoms with E-state index in [0.717, 1.165) is 11.0 Å². The number of nitrogens with one attached hydrogen (secondary N) is 1. The molecule has 1 aromatic rings. The minimum Gasteiger partial charge on any atom is -0.378 e. The summed E-state index contributed by atoms with van der Waals surface area (Å²) in [6.45, 7) is 1.88. The zero-order chi connectivity index (χ0) is 10.7. The van der Waals surface area contributed by atoms with Crippen LogP contribution < -0.4 is 5.32 Å². The maximum Gasteiger partial charge on any atom is 0.183 e. The molecule has 1 atom stereocenters. The van der Waals surface area contributed by atoms with Crippen LogP contribution in [0.15, 0.2) is 28.7 Å². The molecule has 3 nitrogen and oxygen atoms in total. The standard InChI is InChI=1S/C11H12BrNO2/c12-9-4-2-1-3-8(9)11(14)10-7-15-6-5-13-10/h1-4,10,13H,5-7H2. The summed E-state index contributed by atoms with van der Waals surface area (Å²) in [4.78, 5) is 12.0. The smallest absolute Gasteiger partial charge is 0.183 e. The molecular weight excluding hydrogens is 258 g/mol. The van der Waals surface area contributed by atoms with E-state index in [1.54, 1.807) is 0 Å². The van der Waals surface area contributed by atoms with E-state index in [1.807, 2.05) is 24.3 Å². The zero-order valence-corrected chi connectivity index (χ0v) is 9.79. The van der Waals surface area contributed by atoms with Crippen molar-refractivity contribution in [2.24, 2.45) is 0 Å². The van der Waals surface area contributed by atoms with Gasteiger partial charge in [0, 0.05) is 16.6 Å². The molecule has 0 bridgehead atoms. The van der Waals surface area contributed by atoms with Crippen molar-refractivity contribution in [3.05, 3.63) is 34.3 Å². The van der Waals surface area contributed by atoms with Gasteiger partial charge < -0.3 is 10.1 Å². The summed E-state index contributed by atoms with van der Waals surface area (Å²) in [5, 5.41) is 3.15. The summed E-state index contributed by atoms with van der Waals surface area (Å²) >= 11 is 3.37. The van der Waals surface area contributed by atoms with Crippen LogP contribution in [0.3, 0.4) is 0 Å². The molecule has 1 heterocycles. The number of halogens is 1. The maximum atomic E-state index is 12.0. The molecule has 4 heteroatoms. The van der Waals surface area contributed by atoms with E-state index in [-0.39, 0.29) is 11.8 Å². The number of rotatable bonds is 2. The van der Waals surface area contributed by atoms with Crippen molar-refractivity contribution in [3.8, 4) is 0 Å². The van der Waals surface area contributed by atoms with E-state index in [9.17, 15) is 4.79 Å². The van der Waals surface area contributed by atoms with Gasteiger partial charge in [0.2, 0.25) is 0 Å². The molecule has 0 radical (unpaired) electrons. The molecule has 0 spiro atoms. The first kappa shape index (κ1) is 10.8. The Morgan fingerprint density at radius 2 is 2.27 bits per heavy atom. The van der Waals surface area contributed by atoms with Gasteiger partial charge in [-0.3, -0.25) is 4.79 Å². The molecule has 1 aliphatic rings. The molecule has 1 unspecified atom stereocenters. The van der Waals surface area contributed by atoms with Gasteiger partial charge >= 0.3 is 0 Å². The molecule has 15 heavy (non-hydrogen) atoms. The van der Waals surface area contributed by atoms with E-state index >= 15 is 0 Å². The summed E-state index contributed by atoms with van der Waals surface area (Å²) in [7, 11) is 0. The number of morpholine rings is 1. The third-order valence-electron chi connectivity index (χ3n) is 2.38. The Labute approximate surface area is 96.9 Å². The second-order valence-corrected chi connectivity index (χ2v) is 4.28. The molecule has 1 aromatic carbocycles. The maximum absolute atomic E-state index is 12.0. The van der Waals surface area contributed by atoms with E-state index in [0.29, 0.717) is 18.8 Å². The minimum atomic E-state index is -0.211. The predicted octanol–water partition coefficient (Wildman–Crippen LogP) is 1.62. The van der Waals surface area contributed by atoms with Gasteiger partial charge in [-0.15, -0.1) is 0 Å². The Bertz CT molecular complexity index is 361. The van der Waals surface area contributed by atoms with Crippen molar-refractivity contribution in [2.45, 2.75) is 6.04 Å². The van der Waals surface area contributed by atoms with Crippen LogP contribution in [0.1, 0.15) is 10.4 Å². The van der Waals surface area contributed by atoms with Crippen LogP contribution in [-0.2, 0) is 4.74 Å². The fraction of sp³-hybridized carbons (Fsp3) is 0.364. The van der Waals surface area contributed by atoms with Gasteiger partial charge in [-0.25, -0.2) is 0 Å². The fourth-order valence-electron chi connectivity index (χ4n) is 1.58. The summed E-state index contributed by atoms with van der Waals surface area (Å²) in [6.07, 6.45) is 0. The number of hydrogen-bond acceptors (Lipinski definition) is 3. The predicted molar refractivity (Wildman–Crippen MR) is 61.1 cm³/mol. The fourth-order valence-corrected chi connectivity index (χ4v) is 2.06. The van der Waals surface area contributed by atoms with Gasteiger partial charge in [-0.1, -0.05) is 34.1 Å². The summed E-state index contributed by atoms with van der Waals surface area (Å²) in [5.74, 6) is 0.0853. The van der Waals surface area contributed by atoms with Crippen LogP contribution in [0.4, 0.5) is 0 Å². The number of carbonyl (C=O) groups excluding carboxylic acids is 1. The van der Waals surface area contributed by atoms with Crippen LogP contribution in [0.2, 0.25) is 0 Å². The van der Waals surface area contributed by atoms with Crippen LogP contribution in [0.5, 0.6) is 0 Å². The first-order valence-corrected chi connectivity index (χ1v) is 5.68. The second kappa shape index (κ2) is 4.88. The zero-order valence-electron chi connectivity index (χ0n) is 8.20. The monoisotopic (exact) mass is 269 g/mol. The van der Waals surface area contributed by atoms with Crippen molar-refractivity contribution in [3.63, 3.8) is 0 Å². The highest BCUT2D eigenvalue weighted by Gasteiger charge is 2.23. The Hall–Kier alpha value is -0.710. The third-order valence-corrected chi connectivity index (χ3v) is 3.07. The highest BCUT2D eigenvalue weighted by atomic mass is 79.9. The largest absolute Gasteiger partial charge is 0.378 e. The van der Waals surface area contributed by atoms with E-state index in [4.69, 9.17) is 4.74 Å². The molecule has 0 aromatic heterocycles. The highest BCUT2D eigenvalue weighted by molar-refractivity contribution is 9.10. The number of benzene rings is 1. The lowest BCUT2D eigenvalue weighted by atomic mass is 10.0. The Morgan fingerprint density at radius 1 is 1.47 bits per heavy atom. The van der Waals surface area contributed by atoms with Gasteiger partial charge in [0.15, 0.2) is 5.78 Å². The lowest BCUT2D eigenvalue weighted by Gasteiger charge is -2.22. The van der Waals surface area contributed by atoms with Crippen LogP contribution >= 0.6 is 15.9 Å². The van der Waals surface area contributed by atoms with Crippen molar-refractivity contribution < 1.29 is 9.53 Å². The molecule has 1 fully saturated rings. The molecule has 80 valence electrons. The average Bonchev–Trinajstić information content (AvgIpc) is 2.30. The number of ketones is 1. The minimum absolute atomic E-state index is 0.0853. The van der Waals surface area contributed by atoms with Crippen LogP contribution in [0, 0.1) is 0 Å². The lowest BCUT2D eigenvalue weighted by molar-refractivity contribution is 0.0607. The molecular formula is C11H12BrNO2. The average molecular weight is 270 g/mol. The summed E-state index contributed by atoms with van der Waals surface area (Å²) in [6, 6.07) is 7.24. The van der Waals surface area contributed by atoms with Crippen molar-refractivity contribution in [2.75, 3.05) is 19.8 Å². The normalized spacial score (nSPS) is 21.3. The molecule has 0 saturated carbocycles. The van der Waals surface area contributed by atoms with Crippen molar-refractivity contribution in [1.82, 2.24) is 5.32 Å². The quantitative estimate of drug-likeness (QED) is 0.830. The molecule has 0 amide bonds. The van der Waals surface area contributed by atoms with Gasteiger partial charge in [0.1, 0.15) is 0 Å². The number of Topliss-reactive ketones (excluding diaryl/α,β-unsaturated/α-hetero) is 1. The number of carbonyl (C=O) groups is 1. The van der Waals surface area contributed by atoms with E-state index in [1.165, 1.54) is 0 Å². The number of ether oxygens (including phenoxy) is 1. The molecule has 2 rings (SSSR count). The second-order valence-electron chi connectivity index (χ2n) is 3.43. The molecule has 0 aliphatic carbocycles. The lowest BCUT2D eigenvalue weighted by Crippen LogP contribution is -2.46. The van der Waals surface area contributed by atoms with E-state index in [2.05, 4.69) is 21.2 Å². The van der Waals surface area contributed by atoms with Gasteiger partial charge in [-0.05, 0) is 6.07 Å². The molecule has 1 aliphatic heterocycles. The molecule has 1 N–H and O–H groups in total.